The van der Waals surface area contributed by atoms with Crippen molar-refractivity contribution < 1.29 is 9.84 Å². The zero-order valence-electron chi connectivity index (χ0n) is 12.0. The molecule has 0 atom stereocenters. The average molecular weight is 265 g/mol. The lowest BCUT2D eigenvalue weighted by Gasteiger charge is -2.21. The van der Waals surface area contributed by atoms with Gasteiger partial charge in [-0.2, -0.15) is 0 Å². The van der Waals surface area contributed by atoms with Crippen LogP contribution in [0, 0.1) is 0 Å². The lowest BCUT2D eigenvalue weighted by molar-refractivity contribution is 0.0763. The summed E-state index contributed by atoms with van der Waals surface area (Å²) in [6.07, 6.45) is 3.87. The van der Waals surface area contributed by atoms with Crippen molar-refractivity contribution >= 4 is 0 Å². The molecular weight excluding hydrogens is 242 g/mol. The van der Waals surface area contributed by atoms with E-state index in [1.165, 1.54) is 5.56 Å². The number of aromatic nitrogens is 1. The van der Waals surface area contributed by atoms with Gasteiger partial charge in [0.25, 0.3) is 5.56 Å². The summed E-state index contributed by atoms with van der Waals surface area (Å²) in [5.41, 5.74) is 1.73. The van der Waals surface area contributed by atoms with E-state index in [1.807, 2.05) is 10.6 Å². The van der Waals surface area contributed by atoms with Crippen LogP contribution in [-0.4, -0.2) is 23.4 Å². The van der Waals surface area contributed by atoms with Crippen LogP contribution in [0.5, 0.6) is 0 Å². The smallest absolute Gasteiger partial charge is 0.256 e. The molecule has 1 aromatic heterocycles. The van der Waals surface area contributed by atoms with Crippen LogP contribution in [0.1, 0.15) is 43.5 Å². The van der Waals surface area contributed by atoms with Gasteiger partial charge in [0.05, 0.1) is 5.60 Å². The Morgan fingerprint density at radius 2 is 2.16 bits per heavy atom. The molecule has 0 saturated carbocycles. The fraction of sp³-hybridized carbons (Fsp3) is 0.667. The first kappa shape index (κ1) is 14.3. The van der Waals surface area contributed by atoms with Crippen molar-refractivity contribution in [1.82, 2.24) is 4.57 Å². The zero-order valence-corrected chi connectivity index (χ0v) is 12.0. The van der Waals surface area contributed by atoms with E-state index in [1.54, 1.807) is 21.0 Å². The molecule has 2 rings (SSSR count). The van der Waals surface area contributed by atoms with Crippen LogP contribution in [0.25, 0.3) is 0 Å². The Kier molecular flexibility index (Phi) is 4.11. The summed E-state index contributed by atoms with van der Waals surface area (Å²) in [5, 5.41) is 10.2. The summed E-state index contributed by atoms with van der Waals surface area (Å²) >= 11 is 0. The molecule has 0 aromatic carbocycles. The van der Waals surface area contributed by atoms with Gasteiger partial charge in [0.1, 0.15) is 0 Å². The van der Waals surface area contributed by atoms with Crippen molar-refractivity contribution in [3.8, 4) is 0 Å². The predicted octanol–water partition coefficient (Wildman–Crippen LogP) is 1.60. The number of fused-ring (bicyclic) bond motifs is 1. The van der Waals surface area contributed by atoms with E-state index in [0.717, 1.165) is 31.4 Å². The van der Waals surface area contributed by atoms with Crippen molar-refractivity contribution in [3.05, 3.63) is 33.2 Å². The van der Waals surface area contributed by atoms with Gasteiger partial charge < -0.3 is 14.4 Å². The van der Waals surface area contributed by atoms with Crippen molar-refractivity contribution in [1.29, 1.82) is 0 Å². The molecule has 0 radical (unpaired) electrons. The molecule has 4 nitrogen and oxygen atoms in total. The van der Waals surface area contributed by atoms with Crippen LogP contribution >= 0.6 is 0 Å². The van der Waals surface area contributed by atoms with Gasteiger partial charge in [-0.15, -0.1) is 0 Å². The Morgan fingerprint density at radius 3 is 2.79 bits per heavy atom. The average Bonchev–Trinajstić information content (AvgIpc) is 2.78. The lowest BCUT2D eigenvalue weighted by atomic mass is 9.97. The van der Waals surface area contributed by atoms with Gasteiger partial charge in [0.15, 0.2) is 0 Å². The zero-order chi connectivity index (χ0) is 14.0. The summed E-state index contributed by atoms with van der Waals surface area (Å²) in [6, 6.07) is 1.90. The first-order chi connectivity index (χ1) is 8.95. The molecule has 0 fully saturated rings. The van der Waals surface area contributed by atoms with Crippen molar-refractivity contribution in [3.63, 3.8) is 0 Å². The van der Waals surface area contributed by atoms with Crippen LogP contribution in [0.4, 0.5) is 0 Å². The van der Waals surface area contributed by atoms with Crippen molar-refractivity contribution in [2.45, 2.75) is 51.7 Å². The number of hydrogen-bond acceptors (Lipinski definition) is 3. The van der Waals surface area contributed by atoms with E-state index in [0.29, 0.717) is 18.7 Å². The molecule has 1 N–H and O–H groups in total. The second-order valence-corrected chi connectivity index (χ2v) is 5.75. The first-order valence-electron chi connectivity index (χ1n) is 6.92. The third kappa shape index (κ3) is 2.90. The molecule has 4 heteroatoms. The van der Waals surface area contributed by atoms with Crippen molar-refractivity contribution in [2.24, 2.45) is 0 Å². The summed E-state index contributed by atoms with van der Waals surface area (Å²) in [7, 11) is 1.67. The van der Waals surface area contributed by atoms with Gasteiger partial charge in [0.2, 0.25) is 0 Å². The quantitative estimate of drug-likeness (QED) is 0.823. The van der Waals surface area contributed by atoms with E-state index < -0.39 is 5.60 Å². The van der Waals surface area contributed by atoms with Crippen LogP contribution in [0.2, 0.25) is 0 Å². The molecule has 0 bridgehead atoms. The molecule has 1 aromatic rings. The number of nitrogens with zero attached hydrogens (tertiary/aromatic N) is 1. The molecule has 1 aliphatic rings. The predicted molar refractivity (Wildman–Crippen MR) is 74.5 cm³/mol. The monoisotopic (exact) mass is 265 g/mol. The second-order valence-electron chi connectivity index (χ2n) is 5.75. The minimum atomic E-state index is -1.09. The Hall–Kier alpha value is -1.13. The number of hydrogen-bond donors (Lipinski definition) is 1. The van der Waals surface area contributed by atoms with Crippen molar-refractivity contribution in [2.75, 3.05) is 13.7 Å². The van der Waals surface area contributed by atoms with Gasteiger partial charge in [-0.3, -0.25) is 4.79 Å². The van der Waals surface area contributed by atoms with Crippen LogP contribution < -0.4 is 5.56 Å². The first-order valence-corrected chi connectivity index (χ1v) is 6.92. The number of methoxy groups -OCH3 is 1. The molecule has 0 saturated heterocycles. The fourth-order valence-corrected chi connectivity index (χ4v) is 2.76. The third-order valence-corrected chi connectivity index (χ3v) is 3.74. The minimum absolute atomic E-state index is 0.0516. The summed E-state index contributed by atoms with van der Waals surface area (Å²) in [5.74, 6) is 0. The fourth-order valence-electron chi connectivity index (χ4n) is 2.76. The number of aryl methyl sites for hydroxylation is 1. The summed E-state index contributed by atoms with van der Waals surface area (Å²) in [4.78, 5) is 12.5. The van der Waals surface area contributed by atoms with Gasteiger partial charge in [-0.05, 0) is 51.2 Å². The van der Waals surface area contributed by atoms with Crippen LogP contribution in [-0.2, 0) is 29.7 Å². The van der Waals surface area contributed by atoms with Gasteiger partial charge in [-0.25, -0.2) is 0 Å². The second kappa shape index (κ2) is 5.47. The number of aliphatic hydroxyl groups is 1. The van der Waals surface area contributed by atoms with Crippen LogP contribution in [0.15, 0.2) is 10.9 Å². The molecule has 1 heterocycles. The Labute approximate surface area is 114 Å². The molecule has 19 heavy (non-hydrogen) atoms. The standard InChI is InChI=1S/C15H23NO3/c1-15(2,18)12-10-11-6-4-7-13(11)16(14(12)17)8-5-9-19-3/h10,18H,4-9H2,1-3H3. The Balaban J connectivity index is 2.45. The molecule has 0 unspecified atom stereocenters. The number of ether oxygens (including phenoxy) is 1. The maximum atomic E-state index is 12.5. The van der Waals surface area contributed by atoms with E-state index in [9.17, 15) is 9.90 Å². The van der Waals surface area contributed by atoms with Crippen LogP contribution in [0.3, 0.4) is 0 Å². The van der Waals surface area contributed by atoms with Gasteiger partial charge >= 0.3 is 0 Å². The highest BCUT2D eigenvalue weighted by atomic mass is 16.5. The van der Waals surface area contributed by atoms with E-state index in [-0.39, 0.29) is 5.56 Å². The highest BCUT2D eigenvalue weighted by Crippen LogP contribution is 2.25. The maximum Gasteiger partial charge on any atom is 0.256 e. The highest BCUT2D eigenvalue weighted by Gasteiger charge is 2.26. The van der Waals surface area contributed by atoms with E-state index in [2.05, 4.69) is 0 Å². The molecule has 0 aliphatic heterocycles. The molecular formula is C15H23NO3. The SMILES string of the molecule is COCCCn1c2c(cc(C(C)(C)O)c1=O)CCC2. The molecule has 106 valence electrons. The normalized spacial score (nSPS) is 14.7. The van der Waals surface area contributed by atoms with Gasteiger partial charge in [0, 0.05) is 31.5 Å². The Bertz CT molecular complexity index is 511. The number of rotatable bonds is 5. The van der Waals surface area contributed by atoms with Gasteiger partial charge in [-0.1, -0.05) is 0 Å². The van der Waals surface area contributed by atoms with E-state index >= 15 is 0 Å². The maximum absolute atomic E-state index is 12.5. The summed E-state index contributed by atoms with van der Waals surface area (Å²) < 4.78 is 6.90. The molecule has 1 aliphatic carbocycles. The molecule has 0 spiro atoms. The largest absolute Gasteiger partial charge is 0.386 e. The molecule has 0 amide bonds. The number of pyridine rings is 1. The third-order valence-electron chi connectivity index (χ3n) is 3.74. The van der Waals surface area contributed by atoms with E-state index in [4.69, 9.17) is 4.74 Å². The highest BCUT2D eigenvalue weighted by molar-refractivity contribution is 5.32. The lowest BCUT2D eigenvalue weighted by Crippen LogP contribution is -2.34. The minimum Gasteiger partial charge on any atom is -0.386 e. The summed E-state index contributed by atoms with van der Waals surface area (Å²) in [6.45, 7) is 4.65. The Morgan fingerprint density at radius 1 is 1.42 bits per heavy atom. The topological polar surface area (TPSA) is 51.5 Å².